The smallest absolute Gasteiger partial charge is 0.228 e. The molecule has 128 valence electrons. The van der Waals surface area contributed by atoms with Gasteiger partial charge in [0.2, 0.25) is 11.8 Å². The number of nitrogen functional groups attached to an aromatic ring is 2. The van der Waals surface area contributed by atoms with Crippen molar-refractivity contribution >= 4 is 22.4 Å². The largest absolute Gasteiger partial charge is 0.435 e. The Balaban J connectivity index is 1.86. The van der Waals surface area contributed by atoms with Crippen molar-refractivity contribution in [3.8, 4) is 22.9 Å². The third kappa shape index (κ3) is 2.75. The summed E-state index contributed by atoms with van der Waals surface area (Å²) >= 11 is 0. The fourth-order valence-corrected chi connectivity index (χ4v) is 2.72. The van der Waals surface area contributed by atoms with Crippen molar-refractivity contribution in [1.29, 1.82) is 0 Å². The molecular formula is C19H14FN5O. The summed E-state index contributed by atoms with van der Waals surface area (Å²) in [6, 6.07) is 13.4. The monoisotopic (exact) mass is 347 g/mol. The van der Waals surface area contributed by atoms with Crippen LogP contribution < -0.4 is 16.2 Å². The quantitative estimate of drug-likeness (QED) is 0.547. The second-order valence-electron chi connectivity index (χ2n) is 5.58. The van der Waals surface area contributed by atoms with E-state index in [0.717, 1.165) is 0 Å². The number of hydrogen-bond donors (Lipinski definition) is 2. The predicted molar refractivity (Wildman–Crippen MR) is 98.1 cm³/mol. The van der Waals surface area contributed by atoms with E-state index < -0.39 is 5.82 Å². The van der Waals surface area contributed by atoms with Gasteiger partial charge in [0, 0.05) is 28.9 Å². The summed E-state index contributed by atoms with van der Waals surface area (Å²) in [6.07, 6.45) is 3.09. The summed E-state index contributed by atoms with van der Waals surface area (Å²) in [6.45, 7) is 0. The lowest BCUT2D eigenvalue weighted by molar-refractivity contribution is 0.434. The molecule has 26 heavy (non-hydrogen) atoms. The Labute approximate surface area is 148 Å². The molecule has 0 atom stereocenters. The average molecular weight is 347 g/mol. The lowest BCUT2D eigenvalue weighted by atomic mass is 10.1. The van der Waals surface area contributed by atoms with Crippen LogP contribution in [0.25, 0.3) is 22.0 Å². The number of nitrogens with zero attached hydrogens (tertiary/aromatic N) is 3. The SMILES string of the molecule is Nc1nccc(-c2cccnc2Oc2c(F)ccc3c(N)cccc23)n1. The molecule has 7 heteroatoms. The van der Waals surface area contributed by atoms with Crippen molar-refractivity contribution in [2.45, 2.75) is 0 Å². The summed E-state index contributed by atoms with van der Waals surface area (Å²) in [5.74, 6) is -0.125. The lowest BCUT2D eigenvalue weighted by Crippen LogP contribution is -1.99. The summed E-state index contributed by atoms with van der Waals surface area (Å²) < 4.78 is 20.4. The molecule has 2 aromatic heterocycles. The summed E-state index contributed by atoms with van der Waals surface area (Å²) in [7, 11) is 0. The van der Waals surface area contributed by atoms with Crippen LogP contribution in [0.4, 0.5) is 16.0 Å². The third-order valence-electron chi connectivity index (χ3n) is 3.92. The first-order valence-electron chi connectivity index (χ1n) is 7.82. The lowest BCUT2D eigenvalue weighted by Gasteiger charge is -2.13. The van der Waals surface area contributed by atoms with Crippen molar-refractivity contribution in [3.63, 3.8) is 0 Å². The molecule has 0 saturated carbocycles. The number of anilines is 2. The van der Waals surface area contributed by atoms with Gasteiger partial charge in [0.15, 0.2) is 11.6 Å². The molecule has 0 fully saturated rings. The molecule has 0 aliphatic rings. The molecule has 0 unspecified atom stereocenters. The maximum absolute atomic E-state index is 14.5. The molecule has 0 amide bonds. The molecule has 4 aromatic rings. The van der Waals surface area contributed by atoms with Crippen molar-refractivity contribution in [2.24, 2.45) is 0 Å². The Morgan fingerprint density at radius 1 is 0.846 bits per heavy atom. The van der Waals surface area contributed by atoms with Gasteiger partial charge >= 0.3 is 0 Å². The van der Waals surface area contributed by atoms with E-state index in [2.05, 4.69) is 15.0 Å². The molecule has 0 aliphatic carbocycles. The van der Waals surface area contributed by atoms with Crippen LogP contribution in [0.5, 0.6) is 11.6 Å². The van der Waals surface area contributed by atoms with E-state index in [-0.39, 0.29) is 17.6 Å². The minimum atomic E-state index is -0.512. The minimum absolute atomic E-state index is 0.0526. The maximum Gasteiger partial charge on any atom is 0.228 e. The normalized spacial score (nSPS) is 10.8. The summed E-state index contributed by atoms with van der Waals surface area (Å²) in [4.78, 5) is 12.3. The van der Waals surface area contributed by atoms with Gasteiger partial charge in [0.25, 0.3) is 0 Å². The molecule has 4 N–H and O–H groups in total. The van der Waals surface area contributed by atoms with Crippen LogP contribution in [0.3, 0.4) is 0 Å². The average Bonchev–Trinajstić information content (AvgIpc) is 2.65. The van der Waals surface area contributed by atoms with Crippen LogP contribution in [0.2, 0.25) is 0 Å². The van der Waals surface area contributed by atoms with Gasteiger partial charge in [-0.25, -0.2) is 19.3 Å². The van der Waals surface area contributed by atoms with Gasteiger partial charge in [-0.2, -0.15) is 0 Å². The van der Waals surface area contributed by atoms with Crippen LogP contribution in [-0.2, 0) is 0 Å². The molecule has 2 heterocycles. The van der Waals surface area contributed by atoms with Gasteiger partial charge in [-0.05, 0) is 36.4 Å². The van der Waals surface area contributed by atoms with Gasteiger partial charge in [-0.15, -0.1) is 0 Å². The van der Waals surface area contributed by atoms with Gasteiger partial charge in [0.1, 0.15) is 0 Å². The number of halogens is 1. The standard InChI is InChI=1S/C19H14FN5O/c20-14-7-6-11-12(3-1-5-15(11)21)17(14)26-18-13(4-2-9-23-18)16-8-10-24-19(22)25-16/h1-10H,21H2,(H2,22,24,25). The first kappa shape index (κ1) is 15.8. The van der Waals surface area contributed by atoms with Gasteiger partial charge < -0.3 is 16.2 Å². The predicted octanol–water partition coefficient (Wildman–Crippen LogP) is 3.79. The molecule has 0 aliphatic heterocycles. The zero-order chi connectivity index (χ0) is 18.1. The van der Waals surface area contributed by atoms with E-state index >= 15 is 0 Å². The number of ether oxygens (including phenoxy) is 1. The van der Waals surface area contributed by atoms with Crippen LogP contribution >= 0.6 is 0 Å². The zero-order valence-electron chi connectivity index (χ0n) is 13.6. The molecule has 2 aromatic carbocycles. The molecular weight excluding hydrogens is 333 g/mol. The maximum atomic E-state index is 14.5. The topological polar surface area (TPSA) is 99.9 Å². The molecule has 0 saturated heterocycles. The fraction of sp³-hybridized carbons (Fsp3) is 0. The summed E-state index contributed by atoms with van der Waals surface area (Å²) in [5.41, 5.74) is 13.3. The number of hydrogen-bond acceptors (Lipinski definition) is 6. The first-order valence-corrected chi connectivity index (χ1v) is 7.82. The molecule has 4 rings (SSSR count). The zero-order valence-corrected chi connectivity index (χ0v) is 13.6. The highest BCUT2D eigenvalue weighted by Crippen LogP contribution is 2.37. The van der Waals surface area contributed by atoms with Gasteiger partial charge in [-0.3, -0.25) is 0 Å². The van der Waals surface area contributed by atoms with Crippen LogP contribution in [0, 0.1) is 5.82 Å². The van der Waals surface area contributed by atoms with E-state index in [9.17, 15) is 4.39 Å². The van der Waals surface area contributed by atoms with Crippen molar-refractivity contribution < 1.29 is 9.13 Å². The second kappa shape index (κ2) is 6.29. The fourth-order valence-electron chi connectivity index (χ4n) is 2.72. The highest BCUT2D eigenvalue weighted by molar-refractivity contribution is 5.97. The Kier molecular flexibility index (Phi) is 3.81. The van der Waals surface area contributed by atoms with Gasteiger partial charge in [-0.1, -0.05) is 12.1 Å². The Morgan fingerprint density at radius 2 is 1.73 bits per heavy atom. The van der Waals surface area contributed by atoms with Crippen LogP contribution in [0.15, 0.2) is 60.9 Å². The van der Waals surface area contributed by atoms with E-state index in [4.69, 9.17) is 16.2 Å². The Bertz CT molecular complexity index is 1120. The Morgan fingerprint density at radius 3 is 2.58 bits per heavy atom. The van der Waals surface area contributed by atoms with Crippen LogP contribution in [0.1, 0.15) is 0 Å². The van der Waals surface area contributed by atoms with E-state index in [1.165, 1.54) is 12.3 Å². The van der Waals surface area contributed by atoms with Crippen molar-refractivity contribution in [1.82, 2.24) is 15.0 Å². The van der Waals surface area contributed by atoms with E-state index in [1.54, 1.807) is 48.7 Å². The van der Waals surface area contributed by atoms with Crippen molar-refractivity contribution in [3.05, 3.63) is 66.7 Å². The minimum Gasteiger partial charge on any atom is -0.435 e. The number of nitrogens with two attached hydrogens (primary N) is 2. The van der Waals surface area contributed by atoms with E-state index in [0.29, 0.717) is 27.7 Å². The molecule has 6 nitrogen and oxygen atoms in total. The number of benzene rings is 2. The highest BCUT2D eigenvalue weighted by atomic mass is 19.1. The molecule has 0 radical (unpaired) electrons. The highest BCUT2D eigenvalue weighted by Gasteiger charge is 2.16. The number of aromatic nitrogens is 3. The third-order valence-corrected chi connectivity index (χ3v) is 3.92. The molecule has 0 bridgehead atoms. The van der Waals surface area contributed by atoms with Crippen LogP contribution in [-0.4, -0.2) is 15.0 Å². The molecule has 0 spiro atoms. The number of rotatable bonds is 3. The Hall–Kier alpha value is -3.74. The second-order valence-corrected chi connectivity index (χ2v) is 5.58. The van der Waals surface area contributed by atoms with E-state index in [1.807, 2.05) is 0 Å². The van der Waals surface area contributed by atoms with Gasteiger partial charge in [0.05, 0.1) is 11.3 Å². The number of pyridine rings is 1. The summed E-state index contributed by atoms with van der Waals surface area (Å²) in [5, 5.41) is 1.26. The van der Waals surface area contributed by atoms with Crippen molar-refractivity contribution in [2.75, 3.05) is 11.5 Å². The number of fused-ring (bicyclic) bond motifs is 1. The first-order chi connectivity index (χ1) is 12.6.